The monoisotopic (exact) mass is 311 g/mol. The second-order valence-corrected chi connectivity index (χ2v) is 6.90. The van der Waals surface area contributed by atoms with Gasteiger partial charge in [-0.2, -0.15) is 0 Å². The molecule has 0 saturated carbocycles. The highest BCUT2D eigenvalue weighted by Gasteiger charge is 2.19. The van der Waals surface area contributed by atoms with Gasteiger partial charge in [0.05, 0.1) is 0 Å². The lowest BCUT2D eigenvalue weighted by atomic mass is 9.86. The van der Waals surface area contributed by atoms with Crippen molar-refractivity contribution in [2.75, 3.05) is 11.9 Å². The third kappa shape index (κ3) is 4.59. The van der Waals surface area contributed by atoms with Crippen LogP contribution in [0.2, 0.25) is 0 Å². The number of carbonyl (C=O) groups is 1. The Hall–Kier alpha value is -2.29. The molecule has 3 nitrogen and oxygen atoms in total. The van der Waals surface area contributed by atoms with E-state index in [0.29, 0.717) is 0 Å². The maximum absolute atomic E-state index is 12.2. The van der Waals surface area contributed by atoms with Crippen molar-refractivity contribution in [1.29, 1.82) is 0 Å². The zero-order chi connectivity index (χ0) is 17.0. The second kappa shape index (κ2) is 6.86. The normalized spacial score (nSPS) is 11.2. The summed E-state index contributed by atoms with van der Waals surface area (Å²) in [5, 5.41) is 2.92. The Morgan fingerprint density at radius 1 is 1.09 bits per heavy atom. The van der Waals surface area contributed by atoms with Crippen molar-refractivity contribution >= 4 is 11.6 Å². The van der Waals surface area contributed by atoms with E-state index in [-0.39, 0.29) is 17.9 Å². The standard InChI is InChI=1S/C20H25NO2/c1-14-10-11-15(2)17(12-14)21-19(22)13-23-18-9-7-6-8-16(18)20(3,4)5/h6-12H,13H2,1-5H3,(H,21,22). The van der Waals surface area contributed by atoms with Crippen molar-refractivity contribution in [2.45, 2.75) is 40.0 Å². The average Bonchev–Trinajstić information content (AvgIpc) is 2.48. The Morgan fingerprint density at radius 3 is 2.48 bits per heavy atom. The number of amides is 1. The molecule has 0 radical (unpaired) electrons. The molecule has 1 N–H and O–H groups in total. The summed E-state index contributed by atoms with van der Waals surface area (Å²) >= 11 is 0. The van der Waals surface area contributed by atoms with Crippen LogP contribution in [0.3, 0.4) is 0 Å². The van der Waals surface area contributed by atoms with Gasteiger partial charge in [0.1, 0.15) is 5.75 Å². The molecule has 0 aliphatic carbocycles. The van der Waals surface area contributed by atoms with Crippen LogP contribution in [-0.4, -0.2) is 12.5 Å². The first-order chi connectivity index (χ1) is 10.8. The number of hydrogen-bond acceptors (Lipinski definition) is 2. The number of nitrogens with one attached hydrogen (secondary N) is 1. The molecule has 0 saturated heterocycles. The van der Waals surface area contributed by atoms with Gasteiger partial charge in [-0.1, -0.05) is 51.1 Å². The van der Waals surface area contributed by atoms with Gasteiger partial charge in [0.15, 0.2) is 6.61 Å². The van der Waals surface area contributed by atoms with E-state index >= 15 is 0 Å². The van der Waals surface area contributed by atoms with Gasteiger partial charge in [0.25, 0.3) is 5.91 Å². The van der Waals surface area contributed by atoms with E-state index in [0.717, 1.165) is 28.1 Å². The summed E-state index contributed by atoms with van der Waals surface area (Å²) < 4.78 is 5.76. The van der Waals surface area contributed by atoms with Crippen LogP contribution in [0.1, 0.15) is 37.5 Å². The molecule has 0 atom stereocenters. The van der Waals surface area contributed by atoms with Crippen molar-refractivity contribution in [2.24, 2.45) is 0 Å². The molecule has 1 amide bonds. The highest BCUT2D eigenvalue weighted by atomic mass is 16.5. The fourth-order valence-electron chi connectivity index (χ4n) is 2.41. The Labute approximate surface area is 138 Å². The van der Waals surface area contributed by atoms with Gasteiger partial charge in [-0.15, -0.1) is 0 Å². The van der Waals surface area contributed by atoms with Crippen LogP contribution in [-0.2, 0) is 10.2 Å². The first kappa shape index (κ1) is 17.1. The van der Waals surface area contributed by atoms with E-state index in [4.69, 9.17) is 4.74 Å². The Bertz CT molecular complexity index is 699. The molecule has 122 valence electrons. The van der Waals surface area contributed by atoms with Crippen LogP contribution in [0.15, 0.2) is 42.5 Å². The number of ether oxygens (including phenoxy) is 1. The lowest BCUT2D eigenvalue weighted by molar-refractivity contribution is -0.118. The van der Waals surface area contributed by atoms with Crippen molar-refractivity contribution in [3.8, 4) is 5.75 Å². The zero-order valence-corrected chi connectivity index (χ0v) is 14.6. The maximum atomic E-state index is 12.2. The number of aryl methyl sites for hydroxylation is 2. The molecule has 2 aromatic carbocycles. The quantitative estimate of drug-likeness (QED) is 0.895. The first-order valence-corrected chi connectivity index (χ1v) is 7.87. The second-order valence-electron chi connectivity index (χ2n) is 6.90. The van der Waals surface area contributed by atoms with Gasteiger partial charge in [0.2, 0.25) is 0 Å². The van der Waals surface area contributed by atoms with Gasteiger partial charge in [-0.25, -0.2) is 0 Å². The number of rotatable bonds is 4. The number of anilines is 1. The minimum Gasteiger partial charge on any atom is -0.483 e. The summed E-state index contributed by atoms with van der Waals surface area (Å²) in [5.41, 5.74) is 4.06. The van der Waals surface area contributed by atoms with Crippen LogP contribution >= 0.6 is 0 Å². The fourth-order valence-corrected chi connectivity index (χ4v) is 2.41. The molecule has 0 aromatic heterocycles. The molecule has 0 heterocycles. The molecule has 0 unspecified atom stereocenters. The number of carbonyl (C=O) groups excluding carboxylic acids is 1. The molecule has 0 aliphatic heterocycles. The van der Waals surface area contributed by atoms with Gasteiger partial charge in [-0.3, -0.25) is 4.79 Å². The smallest absolute Gasteiger partial charge is 0.262 e. The fraction of sp³-hybridized carbons (Fsp3) is 0.350. The van der Waals surface area contributed by atoms with Crippen LogP contribution in [0, 0.1) is 13.8 Å². The van der Waals surface area contributed by atoms with Gasteiger partial charge >= 0.3 is 0 Å². The minimum absolute atomic E-state index is 0.000471. The summed E-state index contributed by atoms with van der Waals surface area (Å²) in [7, 11) is 0. The molecule has 3 heteroatoms. The highest BCUT2D eigenvalue weighted by molar-refractivity contribution is 5.92. The minimum atomic E-state index is -0.151. The third-order valence-corrected chi connectivity index (χ3v) is 3.72. The summed E-state index contributed by atoms with van der Waals surface area (Å²) in [6, 6.07) is 13.9. The summed E-state index contributed by atoms with van der Waals surface area (Å²) in [5.74, 6) is 0.610. The van der Waals surface area contributed by atoms with Gasteiger partial charge < -0.3 is 10.1 Å². The molecule has 0 spiro atoms. The van der Waals surface area contributed by atoms with E-state index in [1.807, 2.05) is 56.3 Å². The molecule has 0 aliphatic rings. The van der Waals surface area contributed by atoms with E-state index in [2.05, 4.69) is 26.1 Å². The van der Waals surface area contributed by atoms with Crippen molar-refractivity contribution < 1.29 is 9.53 Å². The van der Waals surface area contributed by atoms with E-state index in [1.165, 1.54) is 0 Å². The zero-order valence-electron chi connectivity index (χ0n) is 14.6. The molecular formula is C20H25NO2. The van der Waals surface area contributed by atoms with Crippen LogP contribution < -0.4 is 10.1 Å². The maximum Gasteiger partial charge on any atom is 0.262 e. The number of para-hydroxylation sites is 1. The molecular weight excluding hydrogens is 286 g/mol. The predicted molar refractivity (Wildman–Crippen MR) is 95.2 cm³/mol. The summed E-state index contributed by atoms with van der Waals surface area (Å²) in [6.07, 6.45) is 0. The molecule has 2 rings (SSSR count). The van der Waals surface area contributed by atoms with E-state index in [1.54, 1.807) is 0 Å². The molecule has 0 fully saturated rings. The van der Waals surface area contributed by atoms with Crippen molar-refractivity contribution in [3.05, 3.63) is 59.2 Å². The molecule has 0 bridgehead atoms. The Balaban J connectivity index is 2.04. The van der Waals surface area contributed by atoms with Crippen LogP contribution in [0.4, 0.5) is 5.69 Å². The lowest BCUT2D eigenvalue weighted by Crippen LogP contribution is -2.22. The van der Waals surface area contributed by atoms with Crippen molar-refractivity contribution in [1.82, 2.24) is 0 Å². The largest absolute Gasteiger partial charge is 0.483 e. The first-order valence-electron chi connectivity index (χ1n) is 7.87. The average molecular weight is 311 g/mol. The molecule has 2 aromatic rings. The Morgan fingerprint density at radius 2 is 1.78 bits per heavy atom. The van der Waals surface area contributed by atoms with Crippen LogP contribution in [0.25, 0.3) is 0 Å². The topological polar surface area (TPSA) is 38.3 Å². The number of benzene rings is 2. The van der Waals surface area contributed by atoms with Crippen molar-refractivity contribution in [3.63, 3.8) is 0 Å². The Kier molecular flexibility index (Phi) is 5.09. The van der Waals surface area contributed by atoms with Crippen LogP contribution in [0.5, 0.6) is 5.75 Å². The van der Waals surface area contributed by atoms with Gasteiger partial charge in [-0.05, 0) is 48.1 Å². The highest BCUT2D eigenvalue weighted by Crippen LogP contribution is 2.30. The predicted octanol–water partition coefficient (Wildman–Crippen LogP) is 4.62. The third-order valence-electron chi connectivity index (χ3n) is 3.72. The summed E-state index contributed by atoms with van der Waals surface area (Å²) in [6.45, 7) is 10.4. The molecule has 23 heavy (non-hydrogen) atoms. The number of hydrogen-bond donors (Lipinski definition) is 1. The van der Waals surface area contributed by atoms with E-state index < -0.39 is 0 Å². The SMILES string of the molecule is Cc1ccc(C)c(NC(=O)COc2ccccc2C(C)(C)C)c1. The lowest BCUT2D eigenvalue weighted by Gasteiger charge is -2.22. The van der Waals surface area contributed by atoms with E-state index in [9.17, 15) is 4.79 Å². The van der Waals surface area contributed by atoms with Gasteiger partial charge in [0, 0.05) is 5.69 Å². The summed E-state index contributed by atoms with van der Waals surface area (Å²) in [4.78, 5) is 12.2.